The molecule has 0 unspecified atom stereocenters. The maximum Gasteiger partial charge on any atom is 0.146 e. The van der Waals surface area contributed by atoms with Gasteiger partial charge in [0.15, 0.2) is 0 Å². The molecular weight excluding hydrogens is 381 g/mol. The van der Waals surface area contributed by atoms with Crippen LogP contribution in [0, 0.1) is 0 Å². The lowest BCUT2D eigenvalue weighted by Crippen LogP contribution is -1.99. The summed E-state index contributed by atoms with van der Waals surface area (Å²) in [5, 5.41) is 0.551. The molecule has 2 aromatic carbocycles. The molecule has 2 nitrogen and oxygen atoms in total. The Morgan fingerprint density at radius 2 is 1.61 bits per heavy atom. The number of ether oxygens (including phenoxy) is 1. The average molecular weight is 391 g/mol. The number of hydrogen-bond acceptors (Lipinski definition) is 2. The fourth-order valence-electron chi connectivity index (χ4n) is 1.48. The summed E-state index contributed by atoms with van der Waals surface area (Å²) >= 11 is 12.9. The second-order valence-corrected chi connectivity index (χ2v) is 5.87. The highest BCUT2D eigenvalue weighted by Crippen LogP contribution is 2.33. The molecule has 0 saturated heterocycles. The monoisotopic (exact) mass is 389 g/mol. The minimum absolute atomic E-state index is 0.406. The molecule has 2 aromatic rings. The van der Waals surface area contributed by atoms with Crippen LogP contribution < -0.4 is 10.5 Å². The normalized spacial score (nSPS) is 10.4. The lowest BCUT2D eigenvalue weighted by atomic mass is 10.2. The highest BCUT2D eigenvalue weighted by molar-refractivity contribution is 9.10. The van der Waals surface area contributed by atoms with Gasteiger partial charge in [0.1, 0.15) is 11.5 Å². The van der Waals surface area contributed by atoms with Crippen molar-refractivity contribution in [3.63, 3.8) is 0 Å². The molecular formula is C13H10Br2ClNO. The highest BCUT2D eigenvalue weighted by atomic mass is 79.9. The molecule has 0 amide bonds. The molecule has 0 fully saturated rings. The van der Waals surface area contributed by atoms with E-state index in [1.54, 1.807) is 6.07 Å². The molecule has 0 spiro atoms. The first-order chi connectivity index (χ1) is 8.60. The van der Waals surface area contributed by atoms with Gasteiger partial charge in [-0.05, 0) is 36.4 Å². The Hall–Kier alpha value is -0.550. The molecule has 0 heterocycles. The highest BCUT2D eigenvalue weighted by Gasteiger charge is 2.07. The Morgan fingerprint density at radius 1 is 1.00 bits per heavy atom. The lowest BCUT2D eigenvalue weighted by Gasteiger charge is -2.11. The maximum absolute atomic E-state index is 6.11. The Morgan fingerprint density at radius 3 is 2.22 bits per heavy atom. The van der Waals surface area contributed by atoms with Crippen LogP contribution in [-0.4, -0.2) is 0 Å². The topological polar surface area (TPSA) is 35.2 Å². The standard InChI is InChI=1S/C13H10Br2ClNO/c14-9-1-3-12(8(5-9)7-17)18-13-4-2-10(15)6-11(13)16/h1-6H,7,17H2. The molecule has 0 bridgehead atoms. The quantitative estimate of drug-likeness (QED) is 0.789. The zero-order valence-corrected chi connectivity index (χ0v) is 13.2. The molecule has 18 heavy (non-hydrogen) atoms. The van der Waals surface area contributed by atoms with E-state index in [4.69, 9.17) is 22.1 Å². The van der Waals surface area contributed by atoms with Crippen LogP contribution in [0.2, 0.25) is 5.02 Å². The largest absolute Gasteiger partial charge is 0.455 e. The van der Waals surface area contributed by atoms with Gasteiger partial charge in [-0.1, -0.05) is 43.5 Å². The summed E-state index contributed by atoms with van der Waals surface area (Å²) in [6, 6.07) is 11.2. The van der Waals surface area contributed by atoms with Crippen LogP contribution in [0.25, 0.3) is 0 Å². The predicted octanol–water partition coefficient (Wildman–Crippen LogP) is 5.12. The SMILES string of the molecule is NCc1cc(Br)ccc1Oc1ccc(Br)cc1Cl. The summed E-state index contributed by atoms with van der Waals surface area (Å²) in [6.45, 7) is 0.406. The van der Waals surface area contributed by atoms with Gasteiger partial charge in [-0.15, -0.1) is 0 Å². The summed E-state index contributed by atoms with van der Waals surface area (Å²) < 4.78 is 7.67. The predicted molar refractivity (Wildman–Crippen MR) is 81.3 cm³/mol. The van der Waals surface area contributed by atoms with Gasteiger partial charge >= 0.3 is 0 Å². The summed E-state index contributed by atoms with van der Waals surface area (Å²) in [7, 11) is 0. The first-order valence-corrected chi connectivity index (χ1v) is 7.18. The number of benzene rings is 2. The molecule has 0 aliphatic carbocycles. The van der Waals surface area contributed by atoms with E-state index in [2.05, 4.69) is 31.9 Å². The lowest BCUT2D eigenvalue weighted by molar-refractivity contribution is 0.476. The van der Waals surface area contributed by atoms with Crippen molar-refractivity contribution < 1.29 is 4.74 Å². The van der Waals surface area contributed by atoms with Gasteiger partial charge in [-0.3, -0.25) is 0 Å². The van der Waals surface area contributed by atoms with Crippen molar-refractivity contribution in [1.29, 1.82) is 0 Å². The zero-order valence-electron chi connectivity index (χ0n) is 9.29. The van der Waals surface area contributed by atoms with Gasteiger partial charge in [-0.2, -0.15) is 0 Å². The number of hydrogen-bond donors (Lipinski definition) is 1. The van der Waals surface area contributed by atoms with Gasteiger partial charge in [0.05, 0.1) is 5.02 Å². The van der Waals surface area contributed by atoms with Gasteiger partial charge in [0.2, 0.25) is 0 Å². The maximum atomic E-state index is 6.11. The summed E-state index contributed by atoms with van der Waals surface area (Å²) in [5.41, 5.74) is 6.61. The fourth-order valence-corrected chi connectivity index (χ4v) is 2.60. The average Bonchev–Trinajstić information content (AvgIpc) is 2.34. The van der Waals surface area contributed by atoms with Crippen molar-refractivity contribution in [3.8, 4) is 11.5 Å². The van der Waals surface area contributed by atoms with E-state index in [1.807, 2.05) is 30.3 Å². The van der Waals surface area contributed by atoms with Crippen LogP contribution in [0.15, 0.2) is 45.3 Å². The molecule has 94 valence electrons. The van der Waals surface area contributed by atoms with Crippen molar-refractivity contribution in [2.45, 2.75) is 6.54 Å². The summed E-state index contributed by atoms with van der Waals surface area (Å²) in [6.07, 6.45) is 0. The van der Waals surface area contributed by atoms with Gasteiger partial charge in [0.25, 0.3) is 0 Å². The van der Waals surface area contributed by atoms with E-state index < -0.39 is 0 Å². The Kier molecular flexibility index (Phi) is 4.67. The molecule has 0 radical (unpaired) electrons. The Labute approximate surface area is 127 Å². The van der Waals surface area contributed by atoms with Crippen LogP contribution in [-0.2, 0) is 6.54 Å². The van der Waals surface area contributed by atoms with Crippen molar-refractivity contribution in [3.05, 3.63) is 55.9 Å². The Balaban J connectivity index is 2.33. The van der Waals surface area contributed by atoms with E-state index in [9.17, 15) is 0 Å². The van der Waals surface area contributed by atoms with Gasteiger partial charge in [-0.25, -0.2) is 0 Å². The molecule has 0 aromatic heterocycles. The van der Waals surface area contributed by atoms with Gasteiger partial charge in [0, 0.05) is 21.1 Å². The van der Waals surface area contributed by atoms with E-state index in [0.717, 1.165) is 14.5 Å². The van der Waals surface area contributed by atoms with Crippen molar-refractivity contribution >= 4 is 43.5 Å². The molecule has 2 N–H and O–H groups in total. The van der Waals surface area contributed by atoms with Crippen molar-refractivity contribution in [2.24, 2.45) is 5.73 Å². The number of rotatable bonds is 3. The second kappa shape index (κ2) is 6.06. The smallest absolute Gasteiger partial charge is 0.146 e. The molecule has 0 atom stereocenters. The van der Waals surface area contributed by atoms with Crippen LogP contribution in [0.3, 0.4) is 0 Å². The third-order valence-corrected chi connectivity index (χ3v) is 3.64. The van der Waals surface area contributed by atoms with E-state index >= 15 is 0 Å². The summed E-state index contributed by atoms with van der Waals surface area (Å²) in [5.74, 6) is 1.32. The van der Waals surface area contributed by atoms with Crippen molar-refractivity contribution in [2.75, 3.05) is 0 Å². The molecule has 2 rings (SSSR count). The minimum atomic E-state index is 0.406. The first-order valence-electron chi connectivity index (χ1n) is 5.21. The molecule has 5 heteroatoms. The van der Waals surface area contributed by atoms with Crippen LogP contribution in [0.4, 0.5) is 0 Å². The number of halogens is 3. The first kappa shape index (κ1) is 13.9. The molecule has 0 aliphatic rings. The Bertz CT molecular complexity index is 575. The second-order valence-electron chi connectivity index (χ2n) is 3.63. The van der Waals surface area contributed by atoms with Crippen molar-refractivity contribution in [1.82, 2.24) is 0 Å². The van der Waals surface area contributed by atoms with E-state index in [-0.39, 0.29) is 0 Å². The summed E-state index contributed by atoms with van der Waals surface area (Å²) in [4.78, 5) is 0. The van der Waals surface area contributed by atoms with Gasteiger partial charge < -0.3 is 10.5 Å². The van der Waals surface area contributed by atoms with Crippen LogP contribution >= 0.6 is 43.5 Å². The molecule has 0 saturated carbocycles. The third-order valence-electron chi connectivity index (χ3n) is 2.36. The fraction of sp³-hybridized carbons (Fsp3) is 0.0769. The minimum Gasteiger partial charge on any atom is -0.455 e. The van der Waals surface area contributed by atoms with Crippen LogP contribution in [0.5, 0.6) is 11.5 Å². The number of nitrogens with two attached hydrogens (primary N) is 1. The van der Waals surface area contributed by atoms with E-state index in [0.29, 0.717) is 23.1 Å². The zero-order chi connectivity index (χ0) is 13.1. The third kappa shape index (κ3) is 3.26. The molecule has 0 aliphatic heterocycles. The van der Waals surface area contributed by atoms with E-state index in [1.165, 1.54) is 0 Å². The van der Waals surface area contributed by atoms with Crippen LogP contribution in [0.1, 0.15) is 5.56 Å².